The zero-order chi connectivity index (χ0) is 15.3. The third-order valence-electron chi connectivity index (χ3n) is 4.75. The molecule has 3 heteroatoms. The van der Waals surface area contributed by atoms with Gasteiger partial charge in [0.25, 0.3) is 0 Å². The van der Waals surface area contributed by atoms with Crippen molar-refractivity contribution in [2.75, 3.05) is 26.7 Å². The van der Waals surface area contributed by atoms with Gasteiger partial charge in [0.1, 0.15) is 0 Å². The molecule has 0 radical (unpaired) electrons. The molecule has 0 unspecified atom stereocenters. The molecule has 21 heavy (non-hydrogen) atoms. The second-order valence-corrected chi connectivity index (χ2v) is 6.67. The molecular weight excluding hydrogens is 260 g/mol. The first-order chi connectivity index (χ1) is 10.2. The van der Waals surface area contributed by atoms with Crippen molar-refractivity contribution in [2.24, 2.45) is 5.92 Å². The molecule has 1 saturated heterocycles. The normalized spacial score (nSPS) is 16.1. The number of piperidine rings is 1. The molecule has 0 aromatic rings. The van der Waals surface area contributed by atoms with Gasteiger partial charge in [0.05, 0.1) is 0 Å². The van der Waals surface area contributed by atoms with Crippen molar-refractivity contribution in [3.8, 4) is 0 Å². The monoisotopic (exact) mass is 296 g/mol. The number of nitrogens with zero attached hydrogens (tertiary/aromatic N) is 1. The topological polar surface area (TPSA) is 32.3 Å². The number of hydrogen-bond donors (Lipinski definition) is 1. The van der Waals surface area contributed by atoms with Crippen LogP contribution in [-0.4, -0.2) is 37.5 Å². The van der Waals surface area contributed by atoms with E-state index < -0.39 is 0 Å². The summed E-state index contributed by atoms with van der Waals surface area (Å²) in [6.45, 7) is 5.50. The maximum Gasteiger partial charge on any atom is 0.222 e. The largest absolute Gasteiger partial charge is 0.346 e. The fourth-order valence-corrected chi connectivity index (χ4v) is 3.10. The molecule has 0 bridgehead atoms. The first kappa shape index (κ1) is 18.5. The van der Waals surface area contributed by atoms with Gasteiger partial charge in [-0.3, -0.25) is 4.79 Å². The van der Waals surface area contributed by atoms with Crippen LogP contribution < -0.4 is 5.32 Å². The zero-order valence-corrected chi connectivity index (χ0v) is 14.3. The first-order valence-electron chi connectivity index (χ1n) is 9.18. The maximum absolute atomic E-state index is 12.1. The molecule has 1 heterocycles. The van der Waals surface area contributed by atoms with E-state index in [1.165, 1.54) is 57.8 Å². The van der Waals surface area contributed by atoms with E-state index in [4.69, 9.17) is 0 Å². The van der Waals surface area contributed by atoms with E-state index in [0.717, 1.165) is 38.4 Å². The summed E-state index contributed by atoms with van der Waals surface area (Å²) in [5.41, 5.74) is 0. The smallest absolute Gasteiger partial charge is 0.222 e. The average Bonchev–Trinajstić information content (AvgIpc) is 2.52. The summed E-state index contributed by atoms with van der Waals surface area (Å²) in [6.07, 6.45) is 13.4. The van der Waals surface area contributed by atoms with Crippen LogP contribution >= 0.6 is 0 Å². The Balaban J connectivity index is 1.97. The minimum Gasteiger partial charge on any atom is -0.346 e. The number of unbranched alkanes of at least 4 members (excludes halogenated alkanes) is 6. The van der Waals surface area contributed by atoms with Crippen molar-refractivity contribution in [3.05, 3.63) is 0 Å². The summed E-state index contributed by atoms with van der Waals surface area (Å²) >= 11 is 0. The predicted octanol–water partition coefficient (Wildman–Crippen LogP) is 3.98. The molecular formula is C18H36N2O. The van der Waals surface area contributed by atoms with Crippen molar-refractivity contribution < 1.29 is 4.79 Å². The highest BCUT2D eigenvalue weighted by Gasteiger charge is 2.15. The molecule has 0 atom stereocenters. The summed E-state index contributed by atoms with van der Waals surface area (Å²) < 4.78 is 0. The number of rotatable bonds is 11. The second-order valence-electron chi connectivity index (χ2n) is 6.67. The van der Waals surface area contributed by atoms with Crippen molar-refractivity contribution in [1.29, 1.82) is 0 Å². The number of nitrogens with one attached hydrogen (secondary N) is 1. The van der Waals surface area contributed by atoms with Gasteiger partial charge >= 0.3 is 0 Å². The van der Waals surface area contributed by atoms with Crippen LogP contribution in [0.2, 0.25) is 0 Å². The number of carbonyl (C=O) groups excluding carboxylic acids is 1. The SMILES string of the molecule is CCCCCCCCCC(=O)N(C)CCC1CCNCC1. The molecule has 0 aliphatic carbocycles. The van der Waals surface area contributed by atoms with Gasteiger partial charge in [-0.15, -0.1) is 0 Å². The van der Waals surface area contributed by atoms with Gasteiger partial charge in [-0.2, -0.15) is 0 Å². The van der Waals surface area contributed by atoms with E-state index >= 15 is 0 Å². The molecule has 1 N–H and O–H groups in total. The molecule has 124 valence electrons. The number of amides is 1. The third kappa shape index (κ3) is 9.13. The molecule has 1 rings (SSSR count). The molecule has 3 nitrogen and oxygen atoms in total. The summed E-state index contributed by atoms with van der Waals surface area (Å²) in [4.78, 5) is 14.0. The van der Waals surface area contributed by atoms with Crippen molar-refractivity contribution in [3.63, 3.8) is 0 Å². The van der Waals surface area contributed by atoms with Crippen LogP contribution in [0.25, 0.3) is 0 Å². The lowest BCUT2D eigenvalue weighted by Gasteiger charge is -2.25. The molecule has 1 fully saturated rings. The lowest BCUT2D eigenvalue weighted by atomic mass is 9.94. The minimum atomic E-state index is 0.345. The van der Waals surface area contributed by atoms with Crippen LogP contribution in [0.5, 0.6) is 0 Å². The van der Waals surface area contributed by atoms with Gasteiger partial charge in [-0.1, -0.05) is 45.4 Å². The fourth-order valence-electron chi connectivity index (χ4n) is 3.10. The lowest BCUT2D eigenvalue weighted by molar-refractivity contribution is -0.130. The van der Waals surface area contributed by atoms with Crippen LogP contribution in [0.4, 0.5) is 0 Å². The average molecular weight is 296 g/mol. The van der Waals surface area contributed by atoms with Crippen LogP contribution in [-0.2, 0) is 4.79 Å². The molecule has 1 aliphatic heterocycles. The van der Waals surface area contributed by atoms with E-state index in [9.17, 15) is 4.79 Å². The molecule has 0 spiro atoms. The second kappa shape index (κ2) is 12.0. The number of carbonyl (C=O) groups is 1. The van der Waals surface area contributed by atoms with E-state index in [-0.39, 0.29) is 0 Å². The van der Waals surface area contributed by atoms with Gasteiger partial charge in [0, 0.05) is 20.0 Å². The zero-order valence-electron chi connectivity index (χ0n) is 14.3. The summed E-state index contributed by atoms with van der Waals surface area (Å²) in [5.74, 6) is 1.16. The molecule has 0 aromatic heterocycles. The molecule has 1 amide bonds. The Labute approximate surface area is 131 Å². The summed E-state index contributed by atoms with van der Waals surface area (Å²) in [5, 5.41) is 3.40. The van der Waals surface area contributed by atoms with Crippen LogP contribution in [0.3, 0.4) is 0 Å². The standard InChI is InChI=1S/C18H36N2O/c1-3-4-5-6-7-8-9-10-18(21)20(2)16-13-17-11-14-19-15-12-17/h17,19H,3-16H2,1-2H3. The predicted molar refractivity (Wildman–Crippen MR) is 90.5 cm³/mol. The van der Waals surface area contributed by atoms with E-state index in [1.54, 1.807) is 0 Å². The quantitative estimate of drug-likeness (QED) is 0.585. The first-order valence-corrected chi connectivity index (χ1v) is 9.18. The summed E-state index contributed by atoms with van der Waals surface area (Å²) in [6, 6.07) is 0. The van der Waals surface area contributed by atoms with Crippen LogP contribution in [0.1, 0.15) is 77.6 Å². The Hall–Kier alpha value is -0.570. The van der Waals surface area contributed by atoms with E-state index in [1.807, 2.05) is 11.9 Å². The molecule has 1 aliphatic rings. The third-order valence-corrected chi connectivity index (χ3v) is 4.75. The van der Waals surface area contributed by atoms with E-state index in [0.29, 0.717) is 5.91 Å². The lowest BCUT2D eigenvalue weighted by Crippen LogP contribution is -2.32. The van der Waals surface area contributed by atoms with Gasteiger partial charge in [0.15, 0.2) is 0 Å². The van der Waals surface area contributed by atoms with Crippen molar-refractivity contribution >= 4 is 5.91 Å². The highest BCUT2D eigenvalue weighted by Crippen LogP contribution is 2.16. The Bertz CT molecular complexity index is 262. The van der Waals surface area contributed by atoms with Gasteiger partial charge in [0.2, 0.25) is 5.91 Å². The highest BCUT2D eigenvalue weighted by molar-refractivity contribution is 5.75. The fraction of sp³-hybridized carbons (Fsp3) is 0.944. The highest BCUT2D eigenvalue weighted by atomic mass is 16.2. The minimum absolute atomic E-state index is 0.345. The Morgan fingerprint density at radius 1 is 1.05 bits per heavy atom. The number of hydrogen-bond acceptors (Lipinski definition) is 2. The molecule has 0 aromatic carbocycles. The van der Waals surface area contributed by atoms with E-state index in [2.05, 4.69) is 12.2 Å². The summed E-state index contributed by atoms with van der Waals surface area (Å²) in [7, 11) is 1.98. The maximum atomic E-state index is 12.1. The van der Waals surface area contributed by atoms with Gasteiger partial charge < -0.3 is 10.2 Å². The Morgan fingerprint density at radius 2 is 1.67 bits per heavy atom. The van der Waals surface area contributed by atoms with Crippen LogP contribution in [0, 0.1) is 5.92 Å². The Morgan fingerprint density at radius 3 is 2.33 bits per heavy atom. The van der Waals surface area contributed by atoms with Gasteiger partial charge in [-0.05, 0) is 44.7 Å². The Kier molecular flexibility index (Phi) is 10.6. The van der Waals surface area contributed by atoms with Gasteiger partial charge in [-0.25, -0.2) is 0 Å². The van der Waals surface area contributed by atoms with Crippen molar-refractivity contribution in [1.82, 2.24) is 10.2 Å². The van der Waals surface area contributed by atoms with Crippen LogP contribution in [0.15, 0.2) is 0 Å². The van der Waals surface area contributed by atoms with Crippen molar-refractivity contribution in [2.45, 2.75) is 77.6 Å². The molecule has 0 saturated carbocycles.